The number of carbonyl (C=O) groups excluding carboxylic acids is 2. The fourth-order valence-corrected chi connectivity index (χ4v) is 3.02. The van der Waals surface area contributed by atoms with Crippen LogP contribution in [-0.4, -0.2) is 24.0 Å². The number of H-pyrrole nitrogens is 1. The standard InChI is InChI=1S/C19H20N2O3/c1-11-5-4-6-15-18(11)14(19(23)21-15)9-16-12(2)13(10-20-16)7-8-17(22)24-3/h4-6,9-10,20H,7-8H2,1-3H3,(H,21,23)/b14-9-. The van der Waals surface area contributed by atoms with Gasteiger partial charge in [-0.15, -0.1) is 0 Å². The summed E-state index contributed by atoms with van der Waals surface area (Å²) in [6, 6.07) is 5.84. The molecular weight excluding hydrogens is 304 g/mol. The van der Waals surface area contributed by atoms with Crippen molar-refractivity contribution in [3.05, 3.63) is 52.3 Å². The molecule has 3 rings (SSSR count). The second-order valence-corrected chi connectivity index (χ2v) is 5.94. The van der Waals surface area contributed by atoms with Crippen molar-refractivity contribution in [2.75, 3.05) is 12.4 Å². The number of fused-ring (bicyclic) bond motifs is 1. The lowest BCUT2D eigenvalue weighted by Crippen LogP contribution is -2.04. The number of aromatic amines is 1. The molecule has 0 saturated heterocycles. The average molecular weight is 324 g/mol. The molecule has 2 heterocycles. The molecule has 0 atom stereocenters. The molecule has 1 aromatic carbocycles. The number of benzene rings is 1. The highest BCUT2D eigenvalue weighted by Crippen LogP contribution is 2.35. The molecule has 0 aliphatic carbocycles. The Labute approximate surface area is 140 Å². The van der Waals surface area contributed by atoms with E-state index in [0.29, 0.717) is 18.4 Å². The van der Waals surface area contributed by atoms with Crippen LogP contribution in [0.4, 0.5) is 5.69 Å². The Morgan fingerprint density at radius 2 is 2.08 bits per heavy atom. The average Bonchev–Trinajstić information content (AvgIpc) is 3.07. The summed E-state index contributed by atoms with van der Waals surface area (Å²) in [5.74, 6) is -0.320. The number of aryl methyl sites for hydroxylation is 2. The molecule has 1 aliphatic heterocycles. The molecule has 0 saturated carbocycles. The van der Waals surface area contributed by atoms with E-state index in [1.807, 2.05) is 44.3 Å². The van der Waals surface area contributed by atoms with E-state index in [0.717, 1.165) is 33.6 Å². The third-order valence-electron chi connectivity index (χ3n) is 4.44. The summed E-state index contributed by atoms with van der Waals surface area (Å²) in [5, 5.41) is 2.90. The number of ether oxygens (including phenoxy) is 1. The fraction of sp³-hybridized carbons (Fsp3) is 0.263. The van der Waals surface area contributed by atoms with Crippen molar-refractivity contribution in [1.82, 2.24) is 4.98 Å². The van der Waals surface area contributed by atoms with Crippen LogP contribution in [0.15, 0.2) is 24.4 Å². The Morgan fingerprint density at radius 1 is 1.29 bits per heavy atom. The molecule has 2 aromatic rings. The van der Waals surface area contributed by atoms with E-state index in [1.54, 1.807) is 0 Å². The van der Waals surface area contributed by atoms with Crippen LogP contribution in [0.25, 0.3) is 11.6 Å². The number of nitrogens with one attached hydrogen (secondary N) is 2. The fourth-order valence-electron chi connectivity index (χ4n) is 3.02. The summed E-state index contributed by atoms with van der Waals surface area (Å²) >= 11 is 0. The molecule has 0 spiro atoms. The molecule has 1 amide bonds. The van der Waals surface area contributed by atoms with Gasteiger partial charge in [-0.05, 0) is 49.1 Å². The van der Waals surface area contributed by atoms with E-state index in [-0.39, 0.29) is 11.9 Å². The molecule has 124 valence electrons. The maximum atomic E-state index is 12.3. The molecule has 24 heavy (non-hydrogen) atoms. The summed E-state index contributed by atoms with van der Waals surface area (Å²) in [4.78, 5) is 26.8. The smallest absolute Gasteiger partial charge is 0.305 e. The van der Waals surface area contributed by atoms with Crippen molar-refractivity contribution >= 4 is 29.2 Å². The van der Waals surface area contributed by atoms with Gasteiger partial charge in [0, 0.05) is 29.6 Å². The normalized spacial score (nSPS) is 14.6. The van der Waals surface area contributed by atoms with Gasteiger partial charge in [0.05, 0.1) is 12.7 Å². The minimum Gasteiger partial charge on any atom is -0.469 e. The predicted molar refractivity (Wildman–Crippen MR) is 93.5 cm³/mol. The Kier molecular flexibility index (Phi) is 4.25. The predicted octanol–water partition coefficient (Wildman–Crippen LogP) is 3.23. The van der Waals surface area contributed by atoms with Crippen LogP contribution in [0.2, 0.25) is 0 Å². The number of aromatic nitrogens is 1. The number of methoxy groups -OCH3 is 1. The maximum absolute atomic E-state index is 12.3. The minimum absolute atomic E-state index is 0.0931. The first kappa shape index (κ1) is 16.1. The lowest BCUT2D eigenvalue weighted by molar-refractivity contribution is -0.140. The minimum atomic E-state index is -0.227. The van der Waals surface area contributed by atoms with Crippen molar-refractivity contribution in [2.24, 2.45) is 0 Å². The molecular formula is C19H20N2O3. The summed E-state index contributed by atoms with van der Waals surface area (Å²) in [6.45, 7) is 3.98. The zero-order valence-corrected chi connectivity index (χ0v) is 14.0. The van der Waals surface area contributed by atoms with E-state index < -0.39 is 0 Å². The molecule has 0 unspecified atom stereocenters. The number of anilines is 1. The molecule has 1 aromatic heterocycles. The van der Waals surface area contributed by atoms with E-state index in [9.17, 15) is 9.59 Å². The number of esters is 1. The van der Waals surface area contributed by atoms with Gasteiger partial charge in [0.25, 0.3) is 5.91 Å². The second kappa shape index (κ2) is 6.35. The van der Waals surface area contributed by atoms with Gasteiger partial charge < -0.3 is 15.0 Å². The molecule has 0 bridgehead atoms. The van der Waals surface area contributed by atoms with Crippen molar-refractivity contribution in [3.8, 4) is 0 Å². The Bertz CT molecular complexity index is 846. The van der Waals surface area contributed by atoms with Gasteiger partial charge >= 0.3 is 5.97 Å². The first-order valence-electron chi connectivity index (χ1n) is 7.88. The van der Waals surface area contributed by atoms with Crippen LogP contribution in [0.5, 0.6) is 0 Å². The van der Waals surface area contributed by atoms with Crippen molar-refractivity contribution in [2.45, 2.75) is 26.7 Å². The number of rotatable bonds is 4. The summed E-state index contributed by atoms with van der Waals surface area (Å²) in [7, 11) is 1.39. The number of carbonyl (C=O) groups is 2. The summed E-state index contributed by atoms with van der Waals surface area (Å²) < 4.78 is 4.68. The summed E-state index contributed by atoms with van der Waals surface area (Å²) in [5.41, 5.74) is 6.50. The van der Waals surface area contributed by atoms with E-state index in [1.165, 1.54) is 7.11 Å². The monoisotopic (exact) mass is 324 g/mol. The largest absolute Gasteiger partial charge is 0.469 e. The van der Waals surface area contributed by atoms with Gasteiger partial charge in [0.2, 0.25) is 0 Å². The zero-order valence-electron chi connectivity index (χ0n) is 14.0. The van der Waals surface area contributed by atoms with Crippen molar-refractivity contribution in [3.63, 3.8) is 0 Å². The van der Waals surface area contributed by atoms with Gasteiger partial charge in [-0.1, -0.05) is 12.1 Å². The van der Waals surface area contributed by atoms with E-state index in [4.69, 9.17) is 0 Å². The Hall–Kier alpha value is -2.82. The van der Waals surface area contributed by atoms with Crippen LogP contribution in [0, 0.1) is 13.8 Å². The molecule has 0 radical (unpaired) electrons. The van der Waals surface area contributed by atoms with Gasteiger partial charge in [-0.2, -0.15) is 0 Å². The Balaban J connectivity index is 1.92. The van der Waals surface area contributed by atoms with Crippen molar-refractivity contribution in [1.29, 1.82) is 0 Å². The van der Waals surface area contributed by atoms with Crippen LogP contribution in [0.3, 0.4) is 0 Å². The lowest BCUT2D eigenvalue weighted by Gasteiger charge is -2.03. The second-order valence-electron chi connectivity index (χ2n) is 5.94. The number of hydrogen-bond acceptors (Lipinski definition) is 3. The van der Waals surface area contributed by atoms with Gasteiger partial charge in [-0.3, -0.25) is 9.59 Å². The zero-order chi connectivity index (χ0) is 17.3. The molecule has 5 nitrogen and oxygen atoms in total. The first-order chi connectivity index (χ1) is 11.5. The first-order valence-corrected chi connectivity index (χ1v) is 7.88. The van der Waals surface area contributed by atoms with Gasteiger partial charge in [0.15, 0.2) is 0 Å². The van der Waals surface area contributed by atoms with Gasteiger partial charge in [-0.25, -0.2) is 0 Å². The quantitative estimate of drug-likeness (QED) is 0.670. The van der Waals surface area contributed by atoms with Crippen LogP contribution >= 0.6 is 0 Å². The van der Waals surface area contributed by atoms with E-state index >= 15 is 0 Å². The van der Waals surface area contributed by atoms with E-state index in [2.05, 4.69) is 15.0 Å². The topological polar surface area (TPSA) is 71.2 Å². The molecule has 1 aliphatic rings. The highest BCUT2D eigenvalue weighted by Gasteiger charge is 2.25. The Morgan fingerprint density at radius 3 is 2.83 bits per heavy atom. The van der Waals surface area contributed by atoms with Crippen LogP contribution < -0.4 is 5.32 Å². The SMILES string of the molecule is COC(=O)CCc1c[nH]c(/C=C2\C(=O)Nc3cccc(C)c32)c1C. The number of hydrogen-bond donors (Lipinski definition) is 2. The summed E-state index contributed by atoms with van der Waals surface area (Å²) in [6.07, 6.45) is 4.72. The highest BCUT2D eigenvalue weighted by atomic mass is 16.5. The maximum Gasteiger partial charge on any atom is 0.305 e. The lowest BCUT2D eigenvalue weighted by atomic mass is 9.99. The molecule has 2 N–H and O–H groups in total. The van der Waals surface area contributed by atoms with Gasteiger partial charge in [0.1, 0.15) is 0 Å². The van der Waals surface area contributed by atoms with Crippen LogP contribution in [-0.2, 0) is 20.7 Å². The molecule has 5 heteroatoms. The van der Waals surface area contributed by atoms with Crippen molar-refractivity contribution < 1.29 is 14.3 Å². The third kappa shape index (κ3) is 2.85. The highest BCUT2D eigenvalue weighted by molar-refractivity contribution is 6.35. The third-order valence-corrected chi connectivity index (χ3v) is 4.44. The van der Waals surface area contributed by atoms with Crippen LogP contribution in [0.1, 0.15) is 34.4 Å². The number of amides is 1. The molecule has 0 fully saturated rings.